The molecular weight excluding hydrogens is 302 g/mol. The zero-order valence-corrected chi connectivity index (χ0v) is 13.4. The summed E-state index contributed by atoms with van der Waals surface area (Å²) >= 11 is 7.72. The van der Waals surface area contributed by atoms with Gasteiger partial charge in [-0.1, -0.05) is 35.1 Å². The fraction of sp³-hybridized carbons (Fsp3) is 0.188. The molecule has 3 aromatic rings. The Balaban J connectivity index is 1.94. The highest BCUT2D eigenvalue weighted by atomic mass is 35.5. The van der Waals surface area contributed by atoms with Crippen molar-refractivity contribution in [1.82, 2.24) is 4.98 Å². The molecule has 1 aromatic heterocycles. The van der Waals surface area contributed by atoms with Crippen molar-refractivity contribution in [3.63, 3.8) is 0 Å². The van der Waals surface area contributed by atoms with Crippen molar-refractivity contribution in [3.05, 3.63) is 53.1 Å². The largest absolute Gasteiger partial charge is 0.399 e. The van der Waals surface area contributed by atoms with Crippen LogP contribution in [0.1, 0.15) is 18.5 Å². The maximum absolute atomic E-state index is 6.08. The zero-order valence-electron chi connectivity index (χ0n) is 11.9. The van der Waals surface area contributed by atoms with E-state index in [-0.39, 0.29) is 6.04 Å². The number of rotatable bonds is 3. The molecular formula is C16H16ClN3S. The summed E-state index contributed by atoms with van der Waals surface area (Å²) in [5.41, 5.74) is 8.75. The minimum absolute atomic E-state index is 0.196. The second-order valence-corrected chi connectivity index (χ2v) is 6.51. The highest BCUT2D eigenvalue weighted by Crippen LogP contribution is 2.33. The van der Waals surface area contributed by atoms with E-state index in [2.05, 4.69) is 22.9 Å². The minimum Gasteiger partial charge on any atom is -0.399 e. The number of nitrogens with zero attached hydrogens (tertiary/aromatic N) is 2. The third-order valence-corrected chi connectivity index (χ3v) is 4.96. The van der Waals surface area contributed by atoms with Crippen LogP contribution in [-0.4, -0.2) is 12.0 Å². The lowest BCUT2D eigenvalue weighted by Gasteiger charge is -2.24. The van der Waals surface area contributed by atoms with E-state index >= 15 is 0 Å². The van der Waals surface area contributed by atoms with Gasteiger partial charge in [-0.15, -0.1) is 0 Å². The molecule has 0 fully saturated rings. The fourth-order valence-electron chi connectivity index (χ4n) is 2.24. The molecule has 2 N–H and O–H groups in total. The molecule has 21 heavy (non-hydrogen) atoms. The summed E-state index contributed by atoms with van der Waals surface area (Å²) in [5, 5.41) is 1.73. The molecule has 3 nitrogen and oxygen atoms in total. The maximum Gasteiger partial charge on any atom is 0.186 e. The minimum atomic E-state index is 0.196. The zero-order chi connectivity index (χ0) is 15.0. The van der Waals surface area contributed by atoms with Crippen LogP contribution in [0.4, 0.5) is 10.8 Å². The second-order valence-electron chi connectivity index (χ2n) is 5.07. The third kappa shape index (κ3) is 2.82. The maximum atomic E-state index is 6.08. The van der Waals surface area contributed by atoms with E-state index < -0.39 is 0 Å². The van der Waals surface area contributed by atoms with Gasteiger partial charge < -0.3 is 10.6 Å². The van der Waals surface area contributed by atoms with Gasteiger partial charge in [-0.2, -0.15) is 0 Å². The van der Waals surface area contributed by atoms with E-state index in [4.69, 9.17) is 17.3 Å². The molecule has 0 bridgehead atoms. The van der Waals surface area contributed by atoms with Gasteiger partial charge in [0.2, 0.25) is 0 Å². The number of nitrogens with two attached hydrogens (primary N) is 1. The Morgan fingerprint density at radius 3 is 2.81 bits per heavy atom. The first-order valence-corrected chi connectivity index (χ1v) is 7.88. The molecule has 0 spiro atoms. The molecule has 0 amide bonds. The van der Waals surface area contributed by atoms with Crippen LogP contribution in [0.2, 0.25) is 5.02 Å². The number of benzene rings is 2. The predicted molar refractivity (Wildman–Crippen MR) is 92.3 cm³/mol. The van der Waals surface area contributed by atoms with Crippen LogP contribution in [0.5, 0.6) is 0 Å². The molecule has 0 aliphatic carbocycles. The molecule has 0 aliphatic rings. The topological polar surface area (TPSA) is 42.2 Å². The Kier molecular flexibility index (Phi) is 3.74. The van der Waals surface area contributed by atoms with E-state index in [1.54, 1.807) is 11.3 Å². The number of hydrogen-bond donors (Lipinski definition) is 1. The number of hydrogen-bond acceptors (Lipinski definition) is 4. The molecule has 3 rings (SSSR count). The average molecular weight is 318 g/mol. The number of halogens is 1. The molecule has 108 valence electrons. The van der Waals surface area contributed by atoms with Gasteiger partial charge >= 0.3 is 0 Å². The van der Waals surface area contributed by atoms with Gasteiger partial charge in [0.25, 0.3) is 0 Å². The lowest BCUT2D eigenvalue weighted by atomic mass is 10.1. The molecule has 0 saturated carbocycles. The lowest BCUT2D eigenvalue weighted by molar-refractivity contribution is 0.738. The van der Waals surface area contributed by atoms with Crippen LogP contribution >= 0.6 is 22.9 Å². The summed E-state index contributed by atoms with van der Waals surface area (Å²) in [6, 6.07) is 13.9. The monoisotopic (exact) mass is 317 g/mol. The van der Waals surface area contributed by atoms with Crippen molar-refractivity contribution >= 4 is 44.0 Å². The molecule has 2 aromatic carbocycles. The summed E-state index contributed by atoms with van der Waals surface area (Å²) in [7, 11) is 2.05. The van der Waals surface area contributed by atoms with Crippen molar-refractivity contribution in [2.75, 3.05) is 17.7 Å². The molecule has 0 aliphatic heterocycles. The molecule has 5 heteroatoms. The van der Waals surface area contributed by atoms with E-state index in [0.29, 0.717) is 0 Å². The normalized spacial score (nSPS) is 12.5. The summed E-state index contributed by atoms with van der Waals surface area (Å²) in [6.07, 6.45) is 0. The summed E-state index contributed by atoms with van der Waals surface area (Å²) in [4.78, 5) is 6.84. The van der Waals surface area contributed by atoms with Gasteiger partial charge in [0.15, 0.2) is 5.13 Å². The van der Waals surface area contributed by atoms with Gasteiger partial charge in [0, 0.05) is 17.8 Å². The molecule has 1 heterocycles. The van der Waals surface area contributed by atoms with Crippen molar-refractivity contribution < 1.29 is 0 Å². The Hall–Kier alpha value is -1.78. The number of aromatic nitrogens is 1. The van der Waals surface area contributed by atoms with Crippen LogP contribution in [0.25, 0.3) is 10.2 Å². The third-order valence-electron chi connectivity index (χ3n) is 3.61. The Morgan fingerprint density at radius 1 is 1.24 bits per heavy atom. The van der Waals surface area contributed by atoms with E-state index in [0.717, 1.165) is 26.1 Å². The summed E-state index contributed by atoms with van der Waals surface area (Å²) in [5.74, 6) is 0. The van der Waals surface area contributed by atoms with Crippen LogP contribution in [0.3, 0.4) is 0 Å². The van der Waals surface area contributed by atoms with Gasteiger partial charge in [0.05, 0.1) is 16.3 Å². The average Bonchev–Trinajstić information content (AvgIpc) is 2.88. The van der Waals surface area contributed by atoms with Gasteiger partial charge in [0.1, 0.15) is 0 Å². The number of fused-ring (bicyclic) bond motifs is 1. The summed E-state index contributed by atoms with van der Waals surface area (Å²) < 4.78 is 1.11. The highest BCUT2D eigenvalue weighted by Gasteiger charge is 2.16. The molecule has 1 unspecified atom stereocenters. The smallest absolute Gasteiger partial charge is 0.186 e. The van der Waals surface area contributed by atoms with Crippen molar-refractivity contribution in [2.24, 2.45) is 0 Å². The van der Waals surface area contributed by atoms with Crippen LogP contribution < -0.4 is 10.6 Å². The van der Waals surface area contributed by atoms with Crippen molar-refractivity contribution in [1.29, 1.82) is 0 Å². The Morgan fingerprint density at radius 2 is 2.05 bits per heavy atom. The Bertz CT molecular complexity index is 784. The predicted octanol–water partition coefficient (Wildman–Crippen LogP) is 4.73. The molecule has 1 atom stereocenters. The van der Waals surface area contributed by atoms with E-state index in [9.17, 15) is 0 Å². The molecule has 0 radical (unpaired) electrons. The highest BCUT2D eigenvalue weighted by molar-refractivity contribution is 7.22. The van der Waals surface area contributed by atoms with E-state index in [1.807, 2.05) is 43.4 Å². The lowest BCUT2D eigenvalue weighted by Crippen LogP contribution is -2.21. The first kappa shape index (κ1) is 14.2. The van der Waals surface area contributed by atoms with Crippen molar-refractivity contribution in [2.45, 2.75) is 13.0 Å². The van der Waals surface area contributed by atoms with Crippen LogP contribution in [-0.2, 0) is 0 Å². The van der Waals surface area contributed by atoms with Crippen molar-refractivity contribution in [3.8, 4) is 0 Å². The number of nitrogen functional groups attached to an aromatic ring is 1. The first-order valence-electron chi connectivity index (χ1n) is 6.69. The summed E-state index contributed by atoms with van der Waals surface area (Å²) in [6.45, 7) is 2.14. The second kappa shape index (κ2) is 5.54. The van der Waals surface area contributed by atoms with Gasteiger partial charge in [-0.3, -0.25) is 0 Å². The SMILES string of the molecule is CC(c1cccc(Cl)c1)N(C)c1nc2ccc(N)cc2s1. The van der Waals surface area contributed by atoms with Crippen LogP contribution in [0.15, 0.2) is 42.5 Å². The Labute approximate surface area is 133 Å². The van der Waals surface area contributed by atoms with Gasteiger partial charge in [-0.05, 0) is 42.8 Å². The van der Waals surface area contributed by atoms with E-state index in [1.165, 1.54) is 5.56 Å². The standard InChI is InChI=1S/C16H16ClN3S/c1-10(11-4-3-5-12(17)8-11)20(2)16-19-14-7-6-13(18)9-15(14)21-16/h3-10H,18H2,1-2H3. The number of thiazole rings is 1. The van der Waals surface area contributed by atoms with Crippen LogP contribution in [0, 0.1) is 0 Å². The van der Waals surface area contributed by atoms with Gasteiger partial charge in [-0.25, -0.2) is 4.98 Å². The fourth-order valence-corrected chi connectivity index (χ4v) is 3.49. The number of anilines is 2. The molecule has 0 saturated heterocycles. The quantitative estimate of drug-likeness (QED) is 0.710. The first-order chi connectivity index (χ1) is 10.0.